The van der Waals surface area contributed by atoms with Gasteiger partial charge in [-0.05, 0) is 35.4 Å². The number of rotatable bonds is 4. The van der Waals surface area contributed by atoms with E-state index in [1.54, 1.807) is 6.20 Å². The summed E-state index contributed by atoms with van der Waals surface area (Å²) < 4.78 is 0. The molecule has 0 radical (unpaired) electrons. The third-order valence-electron chi connectivity index (χ3n) is 4.83. The van der Waals surface area contributed by atoms with Gasteiger partial charge < -0.3 is 5.32 Å². The molecule has 3 heteroatoms. The Bertz CT molecular complexity index is 555. The summed E-state index contributed by atoms with van der Waals surface area (Å²) in [5, 5.41) is 10.8. The Morgan fingerprint density at radius 1 is 1.19 bits per heavy atom. The molecule has 1 aliphatic rings. The number of nitrogens with one attached hydrogen (secondary N) is 2. The molecule has 0 aliphatic heterocycles. The number of nitrogens with zero attached hydrogens (tertiary/aromatic N) is 1. The molecule has 21 heavy (non-hydrogen) atoms. The lowest BCUT2D eigenvalue weighted by Crippen LogP contribution is -2.43. The van der Waals surface area contributed by atoms with E-state index in [9.17, 15) is 0 Å². The summed E-state index contributed by atoms with van der Waals surface area (Å²) in [5.74, 6) is 0. The zero-order valence-corrected chi connectivity index (χ0v) is 13.0. The number of hydrogen-bond donors (Lipinski definition) is 2. The summed E-state index contributed by atoms with van der Waals surface area (Å²) in [6.45, 7) is 5.74. The summed E-state index contributed by atoms with van der Waals surface area (Å²) in [6.07, 6.45) is 7.17. The van der Waals surface area contributed by atoms with Crippen LogP contribution in [0.4, 0.5) is 0 Å². The Labute approximate surface area is 127 Å². The molecule has 0 bridgehead atoms. The van der Waals surface area contributed by atoms with E-state index in [1.807, 2.05) is 6.07 Å². The third kappa shape index (κ3) is 3.35. The van der Waals surface area contributed by atoms with Crippen molar-refractivity contribution in [1.29, 1.82) is 0 Å². The van der Waals surface area contributed by atoms with Gasteiger partial charge in [0.25, 0.3) is 0 Å². The first-order valence-corrected chi connectivity index (χ1v) is 7.97. The van der Waals surface area contributed by atoms with Gasteiger partial charge in [0, 0.05) is 18.8 Å². The predicted octanol–water partition coefficient (Wildman–Crippen LogP) is 4.14. The van der Waals surface area contributed by atoms with Crippen molar-refractivity contribution in [3.05, 3.63) is 42.1 Å². The van der Waals surface area contributed by atoms with Crippen molar-refractivity contribution in [2.75, 3.05) is 0 Å². The Hall–Kier alpha value is -1.61. The second-order valence-corrected chi connectivity index (χ2v) is 6.84. The standard InChI is InChI=1S/C18H25N3/c1-18(2)11-4-3-5-17(18)19-13-14-6-8-15(9-7-14)16-10-12-20-21-16/h6-10,12,17,19H,3-5,11,13H2,1-2H3,(H,20,21). The van der Waals surface area contributed by atoms with Crippen LogP contribution in [-0.2, 0) is 6.54 Å². The second-order valence-electron chi connectivity index (χ2n) is 6.84. The van der Waals surface area contributed by atoms with Gasteiger partial charge in [-0.1, -0.05) is 51.0 Å². The molecule has 1 saturated carbocycles. The minimum absolute atomic E-state index is 0.425. The van der Waals surface area contributed by atoms with Crippen LogP contribution in [0.2, 0.25) is 0 Å². The van der Waals surface area contributed by atoms with Crippen LogP contribution in [0.5, 0.6) is 0 Å². The van der Waals surface area contributed by atoms with Crippen molar-refractivity contribution >= 4 is 0 Å². The topological polar surface area (TPSA) is 40.7 Å². The second kappa shape index (κ2) is 6.02. The Kier molecular flexibility index (Phi) is 4.11. The van der Waals surface area contributed by atoms with Crippen LogP contribution in [0.25, 0.3) is 11.3 Å². The average Bonchev–Trinajstić information content (AvgIpc) is 3.00. The molecule has 3 nitrogen and oxygen atoms in total. The van der Waals surface area contributed by atoms with Crippen LogP contribution in [0.15, 0.2) is 36.5 Å². The van der Waals surface area contributed by atoms with E-state index < -0.39 is 0 Å². The molecule has 1 heterocycles. The first-order chi connectivity index (χ1) is 10.1. The number of aromatic amines is 1. The van der Waals surface area contributed by atoms with Crippen molar-refractivity contribution in [3.63, 3.8) is 0 Å². The van der Waals surface area contributed by atoms with Crippen LogP contribution in [-0.4, -0.2) is 16.2 Å². The van der Waals surface area contributed by atoms with E-state index >= 15 is 0 Å². The van der Waals surface area contributed by atoms with E-state index in [0.717, 1.165) is 12.2 Å². The lowest BCUT2D eigenvalue weighted by Gasteiger charge is -2.39. The lowest BCUT2D eigenvalue weighted by atomic mass is 9.73. The fourth-order valence-corrected chi connectivity index (χ4v) is 3.33. The van der Waals surface area contributed by atoms with Crippen LogP contribution in [0, 0.1) is 5.41 Å². The highest BCUT2D eigenvalue weighted by Crippen LogP contribution is 2.35. The number of hydrogen-bond acceptors (Lipinski definition) is 2. The zero-order chi connectivity index (χ0) is 14.7. The van der Waals surface area contributed by atoms with Gasteiger partial charge in [0.1, 0.15) is 0 Å². The van der Waals surface area contributed by atoms with Gasteiger partial charge in [0.15, 0.2) is 0 Å². The predicted molar refractivity (Wildman–Crippen MR) is 86.9 cm³/mol. The van der Waals surface area contributed by atoms with Gasteiger partial charge in [-0.3, -0.25) is 5.10 Å². The maximum Gasteiger partial charge on any atom is 0.0650 e. The molecular weight excluding hydrogens is 258 g/mol. The van der Waals surface area contributed by atoms with Gasteiger partial charge in [0.05, 0.1) is 5.69 Å². The Morgan fingerprint density at radius 3 is 2.67 bits per heavy atom. The molecule has 2 N–H and O–H groups in total. The van der Waals surface area contributed by atoms with Crippen molar-refractivity contribution in [2.24, 2.45) is 5.41 Å². The summed E-state index contributed by atoms with van der Waals surface area (Å²) in [7, 11) is 0. The first kappa shape index (κ1) is 14.3. The highest BCUT2D eigenvalue weighted by molar-refractivity contribution is 5.58. The van der Waals surface area contributed by atoms with Gasteiger partial charge in [0.2, 0.25) is 0 Å². The van der Waals surface area contributed by atoms with Gasteiger partial charge in [-0.2, -0.15) is 5.10 Å². The van der Waals surface area contributed by atoms with E-state index in [0.29, 0.717) is 11.5 Å². The first-order valence-electron chi connectivity index (χ1n) is 7.97. The number of aromatic nitrogens is 2. The molecule has 1 aromatic carbocycles. The molecule has 1 aliphatic carbocycles. The maximum atomic E-state index is 4.00. The Morgan fingerprint density at radius 2 is 2.00 bits per heavy atom. The van der Waals surface area contributed by atoms with Crippen LogP contribution >= 0.6 is 0 Å². The van der Waals surface area contributed by atoms with Gasteiger partial charge in [-0.15, -0.1) is 0 Å². The lowest BCUT2D eigenvalue weighted by molar-refractivity contribution is 0.167. The summed E-state index contributed by atoms with van der Waals surface area (Å²) in [5.41, 5.74) is 4.03. The summed E-state index contributed by atoms with van der Waals surface area (Å²) in [6, 6.07) is 11.4. The normalized spacial score (nSPS) is 21.3. The van der Waals surface area contributed by atoms with Crippen LogP contribution < -0.4 is 5.32 Å². The average molecular weight is 283 g/mol. The summed E-state index contributed by atoms with van der Waals surface area (Å²) in [4.78, 5) is 0. The van der Waals surface area contributed by atoms with Crippen molar-refractivity contribution in [3.8, 4) is 11.3 Å². The molecule has 0 saturated heterocycles. The minimum Gasteiger partial charge on any atom is -0.309 e. The highest BCUT2D eigenvalue weighted by Gasteiger charge is 2.31. The quantitative estimate of drug-likeness (QED) is 0.885. The minimum atomic E-state index is 0.425. The molecule has 1 atom stereocenters. The maximum absolute atomic E-state index is 4.00. The van der Waals surface area contributed by atoms with E-state index in [4.69, 9.17) is 0 Å². The monoisotopic (exact) mass is 283 g/mol. The van der Waals surface area contributed by atoms with Crippen molar-refractivity contribution in [1.82, 2.24) is 15.5 Å². The fourth-order valence-electron chi connectivity index (χ4n) is 3.33. The molecule has 112 valence electrons. The third-order valence-corrected chi connectivity index (χ3v) is 4.83. The van der Waals surface area contributed by atoms with Crippen molar-refractivity contribution < 1.29 is 0 Å². The molecular formula is C18H25N3. The number of benzene rings is 1. The molecule has 3 rings (SSSR count). The fraction of sp³-hybridized carbons (Fsp3) is 0.500. The molecule has 2 aromatic rings. The molecule has 1 fully saturated rings. The van der Waals surface area contributed by atoms with E-state index in [1.165, 1.54) is 36.8 Å². The van der Waals surface area contributed by atoms with Gasteiger partial charge >= 0.3 is 0 Å². The molecule has 1 aromatic heterocycles. The van der Waals surface area contributed by atoms with E-state index in [-0.39, 0.29) is 0 Å². The molecule has 0 amide bonds. The molecule has 0 spiro atoms. The Balaban J connectivity index is 1.61. The van der Waals surface area contributed by atoms with Crippen molar-refractivity contribution in [2.45, 2.75) is 52.1 Å². The largest absolute Gasteiger partial charge is 0.309 e. The molecule has 1 unspecified atom stereocenters. The highest BCUT2D eigenvalue weighted by atomic mass is 15.1. The zero-order valence-electron chi connectivity index (χ0n) is 13.0. The SMILES string of the molecule is CC1(C)CCCCC1NCc1ccc(-c2ccn[nH]2)cc1. The smallest absolute Gasteiger partial charge is 0.0650 e. The van der Waals surface area contributed by atoms with E-state index in [2.05, 4.69) is 53.6 Å². The summed E-state index contributed by atoms with van der Waals surface area (Å²) >= 11 is 0. The number of H-pyrrole nitrogens is 1. The van der Waals surface area contributed by atoms with Crippen LogP contribution in [0.3, 0.4) is 0 Å². The van der Waals surface area contributed by atoms with Gasteiger partial charge in [-0.25, -0.2) is 0 Å². The van der Waals surface area contributed by atoms with Crippen LogP contribution in [0.1, 0.15) is 45.1 Å².